The zero-order chi connectivity index (χ0) is 11.3. The lowest BCUT2D eigenvalue weighted by atomic mass is 10.1. The number of carbonyl (C=O) groups excluding carboxylic acids is 1. The number of amides is 1. The molecule has 3 atom stereocenters. The molecule has 0 radical (unpaired) electrons. The number of nitrogens with one attached hydrogen (secondary N) is 1. The van der Waals surface area contributed by atoms with E-state index in [9.17, 15) is 9.90 Å². The summed E-state index contributed by atoms with van der Waals surface area (Å²) in [6.45, 7) is 2.57. The molecular formula is C11H22N2O2. The number of carbonyl (C=O) groups is 1. The molecule has 1 rings (SSSR count). The highest BCUT2D eigenvalue weighted by Crippen LogP contribution is 2.24. The fourth-order valence-electron chi connectivity index (χ4n) is 2.06. The SMILES string of the molecule is CCCC(N)C(=O)NCC1CCCC1O. The minimum atomic E-state index is -0.395. The molecule has 1 aliphatic rings. The standard InChI is InChI=1S/C11H22N2O2/c1-2-4-9(12)11(15)13-7-8-5-3-6-10(8)14/h8-10,14H,2-7,12H2,1H3,(H,13,15). The Morgan fingerprint density at radius 1 is 1.60 bits per heavy atom. The lowest BCUT2D eigenvalue weighted by molar-refractivity contribution is -0.122. The molecule has 0 aromatic carbocycles. The van der Waals surface area contributed by atoms with E-state index in [0.29, 0.717) is 6.54 Å². The van der Waals surface area contributed by atoms with Crippen molar-refractivity contribution in [3.63, 3.8) is 0 Å². The summed E-state index contributed by atoms with van der Waals surface area (Å²) in [7, 11) is 0. The molecule has 88 valence electrons. The van der Waals surface area contributed by atoms with Gasteiger partial charge in [-0.3, -0.25) is 4.79 Å². The summed E-state index contributed by atoms with van der Waals surface area (Å²) in [5.74, 6) is 0.138. The number of hydrogen-bond donors (Lipinski definition) is 3. The Balaban J connectivity index is 2.21. The van der Waals surface area contributed by atoms with Gasteiger partial charge in [-0.15, -0.1) is 0 Å². The summed E-state index contributed by atoms with van der Waals surface area (Å²) >= 11 is 0. The van der Waals surface area contributed by atoms with Crippen molar-refractivity contribution in [2.75, 3.05) is 6.54 Å². The van der Waals surface area contributed by atoms with Crippen LogP contribution >= 0.6 is 0 Å². The Labute approximate surface area is 91.2 Å². The average Bonchev–Trinajstić information content (AvgIpc) is 2.61. The molecule has 0 aliphatic heterocycles. The maximum absolute atomic E-state index is 11.5. The fraction of sp³-hybridized carbons (Fsp3) is 0.909. The third kappa shape index (κ3) is 3.80. The first-order valence-corrected chi connectivity index (χ1v) is 5.86. The highest BCUT2D eigenvalue weighted by Gasteiger charge is 2.25. The van der Waals surface area contributed by atoms with Crippen molar-refractivity contribution in [3.05, 3.63) is 0 Å². The lowest BCUT2D eigenvalue weighted by Gasteiger charge is -2.17. The van der Waals surface area contributed by atoms with Crippen molar-refractivity contribution in [1.29, 1.82) is 0 Å². The summed E-state index contributed by atoms with van der Waals surface area (Å²) in [4.78, 5) is 11.5. The highest BCUT2D eigenvalue weighted by atomic mass is 16.3. The van der Waals surface area contributed by atoms with Crippen LogP contribution in [-0.2, 0) is 4.79 Å². The minimum Gasteiger partial charge on any atom is -0.393 e. The molecule has 15 heavy (non-hydrogen) atoms. The fourth-order valence-corrected chi connectivity index (χ4v) is 2.06. The monoisotopic (exact) mass is 214 g/mol. The molecule has 0 spiro atoms. The molecule has 4 heteroatoms. The Hall–Kier alpha value is -0.610. The van der Waals surface area contributed by atoms with Crippen molar-refractivity contribution in [3.8, 4) is 0 Å². The van der Waals surface area contributed by atoms with E-state index in [0.717, 1.165) is 32.1 Å². The third-order valence-corrected chi connectivity index (χ3v) is 3.09. The lowest BCUT2D eigenvalue weighted by Crippen LogP contribution is -2.43. The zero-order valence-corrected chi connectivity index (χ0v) is 9.41. The van der Waals surface area contributed by atoms with Crippen molar-refractivity contribution >= 4 is 5.91 Å². The third-order valence-electron chi connectivity index (χ3n) is 3.09. The van der Waals surface area contributed by atoms with Crippen LogP contribution in [0.3, 0.4) is 0 Å². The van der Waals surface area contributed by atoms with E-state index in [1.165, 1.54) is 0 Å². The number of nitrogens with two attached hydrogens (primary N) is 1. The van der Waals surface area contributed by atoms with Gasteiger partial charge in [-0.25, -0.2) is 0 Å². The first-order valence-electron chi connectivity index (χ1n) is 5.86. The quantitative estimate of drug-likeness (QED) is 0.619. The van der Waals surface area contributed by atoms with Gasteiger partial charge in [0.15, 0.2) is 0 Å². The maximum Gasteiger partial charge on any atom is 0.236 e. The first kappa shape index (κ1) is 12.5. The molecule has 4 nitrogen and oxygen atoms in total. The molecule has 0 saturated heterocycles. The number of hydrogen-bond acceptors (Lipinski definition) is 3. The van der Waals surface area contributed by atoms with Gasteiger partial charge in [-0.2, -0.15) is 0 Å². The van der Waals surface area contributed by atoms with Gasteiger partial charge < -0.3 is 16.2 Å². The molecular weight excluding hydrogens is 192 g/mol. The van der Waals surface area contributed by atoms with Crippen molar-refractivity contribution in [2.45, 2.75) is 51.2 Å². The van der Waals surface area contributed by atoms with Crippen LogP contribution in [0.15, 0.2) is 0 Å². The Morgan fingerprint density at radius 2 is 2.33 bits per heavy atom. The van der Waals surface area contributed by atoms with E-state index in [1.807, 2.05) is 6.92 Å². The van der Waals surface area contributed by atoms with Crippen molar-refractivity contribution in [1.82, 2.24) is 5.32 Å². The van der Waals surface area contributed by atoms with Crippen molar-refractivity contribution < 1.29 is 9.90 Å². The molecule has 1 amide bonds. The smallest absolute Gasteiger partial charge is 0.236 e. The van der Waals surface area contributed by atoms with Crippen LogP contribution in [0.2, 0.25) is 0 Å². The summed E-state index contributed by atoms with van der Waals surface area (Å²) in [6, 6.07) is -0.395. The molecule has 0 aromatic heterocycles. The number of aliphatic hydroxyl groups excluding tert-OH is 1. The van der Waals surface area contributed by atoms with Crippen LogP contribution in [0.5, 0.6) is 0 Å². The normalized spacial score (nSPS) is 27.7. The van der Waals surface area contributed by atoms with Gasteiger partial charge in [0.25, 0.3) is 0 Å². The average molecular weight is 214 g/mol. The molecule has 1 aliphatic carbocycles. The topological polar surface area (TPSA) is 75.4 Å². The van der Waals surface area contributed by atoms with Gasteiger partial charge in [0.2, 0.25) is 5.91 Å². The van der Waals surface area contributed by atoms with Gasteiger partial charge >= 0.3 is 0 Å². The van der Waals surface area contributed by atoms with E-state index in [-0.39, 0.29) is 17.9 Å². The Bertz CT molecular complexity index is 209. The summed E-state index contributed by atoms with van der Waals surface area (Å²) in [5.41, 5.74) is 5.67. The summed E-state index contributed by atoms with van der Waals surface area (Å²) in [6.07, 6.45) is 4.32. The van der Waals surface area contributed by atoms with E-state index >= 15 is 0 Å². The summed E-state index contributed by atoms with van der Waals surface area (Å²) in [5, 5.41) is 12.4. The second-order valence-electron chi connectivity index (χ2n) is 4.40. The minimum absolute atomic E-state index is 0.0871. The Kier molecular flexibility index (Phi) is 5.05. The van der Waals surface area contributed by atoms with E-state index < -0.39 is 6.04 Å². The zero-order valence-electron chi connectivity index (χ0n) is 9.41. The predicted molar refractivity (Wildman–Crippen MR) is 59.2 cm³/mol. The van der Waals surface area contributed by atoms with Crippen LogP contribution in [0.25, 0.3) is 0 Å². The molecule has 1 saturated carbocycles. The largest absolute Gasteiger partial charge is 0.393 e. The molecule has 4 N–H and O–H groups in total. The van der Waals surface area contributed by atoms with E-state index in [2.05, 4.69) is 5.32 Å². The van der Waals surface area contributed by atoms with E-state index in [1.54, 1.807) is 0 Å². The van der Waals surface area contributed by atoms with E-state index in [4.69, 9.17) is 5.73 Å². The molecule has 0 heterocycles. The summed E-state index contributed by atoms with van der Waals surface area (Å²) < 4.78 is 0. The van der Waals surface area contributed by atoms with Crippen LogP contribution < -0.4 is 11.1 Å². The van der Waals surface area contributed by atoms with Gasteiger partial charge in [0, 0.05) is 12.5 Å². The first-order chi connectivity index (χ1) is 7.15. The molecule has 3 unspecified atom stereocenters. The number of rotatable bonds is 5. The molecule has 0 aromatic rings. The van der Waals surface area contributed by atoms with Gasteiger partial charge in [0.1, 0.15) is 0 Å². The highest BCUT2D eigenvalue weighted by molar-refractivity contribution is 5.81. The number of aliphatic hydroxyl groups is 1. The maximum atomic E-state index is 11.5. The van der Waals surface area contributed by atoms with Gasteiger partial charge in [-0.1, -0.05) is 19.8 Å². The van der Waals surface area contributed by atoms with Crippen LogP contribution in [0.4, 0.5) is 0 Å². The van der Waals surface area contributed by atoms with Crippen LogP contribution in [0, 0.1) is 5.92 Å². The van der Waals surface area contributed by atoms with Gasteiger partial charge in [0.05, 0.1) is 12.1 Å². The molecule has 0 bridgehead atoms. The Morgan fingerprint density at radius 3 is 2.87 bits per heavy atom. The van der Waals surface area contributed by atoms with Crippen LogP contribution in [0.1, 0.15) is 39.0 Å². The van der Waals surface area contributed by atoms with Gasteiger partial charge in [-0.05, 0) is 19.3 Å². The molecule has 1 fully saturated rings. The second kappa shape index (κ2) is 6.08. The van der Waals surface area contributed by atoms with Crippen molar-refractivity contribution in [2.24, 2.45) is 11.7 Å². The predicted octanol–water partition coefficient (Wildman–Crippen LogP) is 0.391. The second-order valence-corrected chi connectivity index (χ2v) is 4.40. The van der Waals surface area contributed by atoms with Crippen LogP contribution in [-0.4, -0.2) is 29.7 Å².